The van der Waals surface area contributed by atoms with E-state index in [4.69, 9.17) is 28.9 Å². The molecular weight excluding hydrogens is 472 g/mol. The molecule has 1 amide bonds. The molecule has 2 aromatic heterocycles. The van der Waals surface area contributed by atoms with E-state index in [2.05, 4.69) is 30.8 Å². The van der Waals surface area contributed by atoms with E-state index in [0.717, 1.165) is 0 Å². The molecule has 1 aliphatic heterocycles. The van der Waals surface area contributed by atoms with Crippen LogP contribution in [0.1, 0.15) is 5.69 Å². The largest absolute Gasteiger partial charge is 0.434 e. The molecular formula is C18H15Cl2F3N8O. The normalized spacial score (nSPS) is 14.8. The number of aliphatic imine (C=N–C) groups is 1. The summed E-state index contributed by atoms with van der Waals surface area (Å²) in [5, 5.41) is 7.58. The van der Waals surface area contributed by atoms with Gasteiger partial charge < -0.3 is 11.1 Å². The van der Waals surface area contributed by atoms with Gasteiger partial charge in [-0.25, -0.2) is 15.4 Å². The number of halogens is 5. The Balaban J connectivity index is 1.90. The zero-order valence-electron chi connectivity index (χ0n) is 16.3. The van der Waals surface area contributed by atoms with Gasteiger partial charge in [0.1, 0.15) is 0 Å². The first-order chi connectivity index (χ1) is 15.1. The highest BCUT2D eigenvalue weighted by Crippen LogP contribution is 2.32. The Kier molecular flexibility index (Phi) is 6.96. The maximum Gasteiger partial charge on any atom is 0.434 e. The topological polar surface area (TPSA) is 121 Å². The maximum atomic E-state index is 13.7. The number of pyridine rings is 2. The van der Waals surface area contributed by atoms with E-state index in [0.29, 0.717) is 12.7 Å². The predicted molar refractivity (Wildman–Crippen MR) is 116 cm³/mol. The van der Waals surface area contributed by atoms with Crippen molar-refractivity contribution < 1.29 is 18.0 Å². The lowest BCUT2D eigenvalue weighted by atomic mass is 10.1. The quantitative estimate of drug-likeness (QED) is 0.439. The van der Waals surface area contributed by atoms with Crippen LogP contribution in [0.4, 0.5) is 30.4 Å². The predicted octanol–water partition coefficient (Wildman–Crippen LogP) is 3.52. The monoisotopic (exact) mass is 486 g/mol. The molecule has 0 unspecified atom stereocenters. The number of alkyl halides is 3. The van der Waals surface area contributed by atoms with E-state index in [1.54, 1.807) is 6.21 Å². The van der Waals surface area contributed by atoms with Crippen molar-refractivity contribution in [3.8, 4) is 0 Å². The number of hydrogen-bond acceptors (Lipinski definition) is 8. The van der Waals surface area contributed by atoms with Gasteiger partial charge in [-0.1, -0.05) is 23.2 Å². The Morgan fingerprint density at radius 2 is 2.12 bits per heavy atom. The molecule has 9 nitrogen and oxygen atoms in total. The standard InChI is InChI=1S/C18H15Cl2F3N8O/c1-9-14(20)13(2-3-25-9)30-15(18(21,22)23)11(7-24)17(32)29-10-6-12(19)16(26-8-10)31-27-4-5-28-31/h2-4,6-8,28H,5,24H2,1H3,(H,29,32)/b11-7+,30-15?. The number of amides is 1. The molecule has 4 N–H and O–H groups in total. The number of nitrogens with one attached hydrogen (secondary N) is 2. The highest BCUT2D eigenvalue weighted by Gasteiger charge is 2.41. The highest BCUT2D eigenvalue weighted by atomic mass is 35.5. The Hall–Kier alpha value is -3.22. The van der Waals surface area contributed by atoms with Crippen LogP contribution in [0.2, 0.25) is 10.0 Å². The third-order valence-corrected chi connectivity index (χ3v) is 4.77. The zero-order chi connectivity index (χ0) is 23.5. The second-order valence-electron chi connectivity index (χ2n) is 6.22. The summed E-state index contributed by atoms with van der Waals surface area (Å²) in [5.41, 5.74) is 5.86. The van der Waals surface area contributed by atoms with Crippen LogP contribution in [0.25, 0.3) is 0 Å². The number of hydrogen-bond donors (Lipinski definition) is 3. The Labute approximate surface area is 189 Å². The van der Waals surface area contributed by atoms with Crippen LogP contribution in [0.3, 0.4) is 0 Å². The number of anilines is 2. The van der Waals surface area contributed by atoms with Crippen LogP contribution >= 0.6 is 23.2 Å². The first-order valence-corrected chi connectivity index (χ1v) is 9.59. The van der Waals surface area contributed by atoms with Gasteiger partial charge in [-0.3, -0.25) is 9.78 Å². The van der Waals surface area contributed by atoms with Crippen molar-refractivity contribution in [1.29, 1.82) is 0 Å². The lowest BCUT2D eigenvalue weighted by Crippen LogP contribution is -2.32. The number of carbonyl (C=O) groups is 1. The van der Waals surface area contributed by atoms with Crippen LogP contribution < -0.4 is 21.6 Å². The van der Waals surface area contributed by atoms with Crippen molar-refractivity contribution in [1.82, 2.24) is 15.4 Å². The minimum atomic E-state index is -5.01. The first kappa shape index (κ1) is 23.4. The summed E-state index contributed by atoms with van der Waals surface area (Å²) in [6.45, 7) is 1.98. The van der Waals surface area contributed by atoms with Crippen LogP contribution in [0.15, 0.2) is 46.4 Å². The summed E-state index contributed by atoms with van der Waals surface area (Å²) >= 11 is 12.1. The minimum Gasteiger partial charge on any atom is -0.404 e. The maximum absolute atomic E-state index is 13.7. The summed E-state index contributed by atoms with van der Waals surface area (Å²) in [5.74, 6) is -0.929. The molecule has 168 valence electrons. The molecule has 1 aliphatic rings. The Morgan fingerprint density at radius 3 is 2.72 bits per heavy atom. The zero-order valence-corrected chi connectivity index (χ0v) is 17.8. The lowest BCUT2D eigenvalue weighted by Gasteiger charge is -2.16. The molecule has 3 heterocycles. The molecule has 0 saturated carbocycles. The van der Waals surface area contributed by atoms with Crippen molar-refractivity contribution in [3.63, 3.8) is 0 Å². The van der Waals surface area contributed by atoms with Gasteiger partial charge in [-0.05, 0) is 19.1 Å². The van der Waals surface area contributed by atoms with Crippen LogP contribution in [-0.4, -0.2) is 40.5 Å². The van der Waals surface area contributed by atoms with Gasteiger partial charge in [0, 0.05) is 18.6 Å². The van der Waals surface area contributed by atoms with Crippen LogP contribution in [0, 0.1) is 6.92 Å². The fraction of sp³-hybridized carbons (Fsp3) is 0.167. The van der Waals surface area contributed by atoms with Gasteiger partial charge in [0.25, 0.3) is 5.91 Å². The number of hydrazine groups is 1. The van der Waals surface area contributed by atoms with E-state index in [1.807, 2.05) is 0 Å². The van der Waals surface area contributed by atoms with Crippen molar-refractivity contribution in [2.24, 2.45) is 15.8 Å². The van der Waals surface area contributed by atoms with Crippen molar-refractivity contribution in [3.05, 3.63) is 52.0 Å². The van der Waals surface area contributed by atoms with Gasteiger partial charge >= 0.3 is 6.18 Å². The average molecular weight is 487 g/mol. The van der Waals surface area contributed by atoms with Crippen molar-refractivity contribution in [2.75, 3.05) is 17.0 Å². The molecule has 14 heteroatoms. The molecule has 32 heavy (non-hydrogen) atoms. The number of nitrogens with zero attached hydrogens (tertiary/aromatic N) is 5. The lowest BCUT2D eigenvalue weighted by molar-refractivity contribution is -0.113. The van der Waals surface area contributed by atoms with E-state index in [-0.39, 0.29) is 32.9 Å². The summed E-state index contributed by atoms with van der Waals surface area (Å²) in [7, 11) is 0. The van der Waals surface area contributed by atoms with Gasteiger partial charge in [-0.2, -0.15) is 23.4 Å². The third kappa shape index (κ3) is 5.15. The number of rotatable bonds is 5. The molecule has 3 rings (SSSR count). The van der Waals surface area contributed by atoms with E-state index >= 15 is 0 Å². The second-order valence-corrected chi connectivity index (χ2v) is 7.01. The first-order valence-electron chi connectivity index (χ1n) is 8.84. The Morgan fingerprint density at radius 1 is 1.38 bits per heavy atom. The number of nitrogens with two attached hydrogens (primary N) is 1. The number of aromatic nitrogens is 2. The minimum absolute atomic E-state index is 0.0330. The molecule has 0 aliphatic carbocycles. The van der Waals surface area contributed by atoms with Gasteiger partial charge in [0.05, 0.1) is 45.4 Å². The molecule has 0 aromatic carbocycles. The number of aryl methyl sites for hydroxylation is 1. The number of hydrazone groups is 1. The average Bonchev–Trinajstić information content (AvgIpc) is 3.25. The highest BCUT2D eigenvalue weighted by molar-refractivity contribution is 6.34. The smallest absolute Gasteiger partial charge is 0.404 e. The molecule has 0 saturated heterocycles. The van der Waals surface area contributed by atoms with E-state index in [9.17, 15) is 18.0 Å². The summed E-state index contributed by atoms with van der Waals surface area (Å²) in [6, 6.07) is 2.49. The SMILES string of the molecule is Cc1nccc(N=C(/C(=C\N)C(=O)Nc2cnc(N3N=CCN3)c(Cl)c2)C(F)(F)F)c1Cl. The number of carbonyl (C=O) groups excluding carboxylic acids is 1. The van der Waals surface area contributed by atoms with Gasteiger partial charge in [-0.15, -0.1) is 0 Å². The molecule has 0 fully saturated rings. The van der Waals surface area contributed by atoms with Gasteiger partial charge in [0.2, 0.25) is 0 Å². The molecule has 0 atom stereocenters. The van der Waals surface area contributed by atoms with E-state index in [1.165, 1.54) is 36.6 Å². The fourth-order valence-corrected chi connectivity index (χ4v) is 2.95. The van der Waals surface area contributed by atoms with E-state index < -0.39 is 23.4 Å². The Bertz CT molecular complexity index is 1130. The van der Waals surface area contributed by atoms with Crippen LogP contribution in [0.5, 0.6) is 0 Å². The molecule has 0 radical (unpaired) electrons. The molecule has 0 spiro atoms. The second kappa shape index (κ2) is 9.51. The summed E-state index contributed by atoms with van der Waals surface area (Å²) < 4.78 is 41.2. The van der Waals surface area contributed by atoms with Crippen LogP contribution in [-0.2, 0) is 4.79 Å². The summed E-state index contributed by atoms with van der Waals surface area (Å²) in [6.07, 6.45) is -0.469. The van der Waals surface area contributed by atoms with Crippen molar-refractivity contribution >= 4 is 58.2 Å². The van der Waals surface area contributed by atoms with Crippen molar-refractivity contribution in [2.45, 2.75) is 13.1 Å². The fourth-order valence-electron chi connectivity index (χ4n) is 2.55. The summed E-state index contributed by atoms with van der Waals surface area (Å²) in [4.78, 5) is 24.1. The third-order valence-electron chi connectivity index (χ3n) is 4.02. The molecule has 2 aromatic rings. The molecule has 0 bridgehead atoms. The van der Waals surface area contributed by atoms with Gasteiger partial charge in [0.15, 0.2) is 11.5 Å².